The Morgan fingerprint density at radius 3 is 2.55 bits per heavy atom. The fourth-order valence-corrected chi connectivity index (χ4v) is 3.78. The molecule has 1 fully saturated rings. The van der Waals surface area contributed by atoms with Crippen LogP contribution in [0.4, 0.5) is 5.69 Å². The predicted octanol–water partition coefficient (Wildman–Crippen LogP) is 5.53. The lowest BCUT2D eigenvalue weighted by Gasteiger charge is -2.36. The van der Waals surface area contributed by atoms with Crippen LogP contribution in [0, 0.1) is 16.7 Å². The molecule has 0 saturated heterocycles. The van der Waals surface area contributed by atoms with Crippen LogP contribution >= 0.6 is 0 Å². The lowest BCUT2D eigenvalue weighted by atomic mass is 9.72. The Kier molecular flexibility index (Phi) is 4.52. The lowest BCUT2D eigenvalue weighted by molar-refractivity contribution is 0.211. The number of allylic oxidation sites excluding steroid dienone is 2. The van der Waals surface area contributed by atoms with Gasteiger partial charge in [0, 0.05) is 18.2 Å². The monoisotopic (exact) mass is 294 g/mol. The van der Waals surface area contributed by atoms with Crippen LogP contribution in [0.1, 0.15) is 63.9 Å². The van der Waals surface area contributed by atoms with E-state index >= 15 is 0 Å². The number of nitrogens with zero attached hydrogens (tertiary/aromatic N) is 1. The van der Waals surface area contributed by atoms with E-state index in [4.69, 9.17) is 5.26 Å². The van der Waals surface area contributed by atoms with Crippen LogP contribution in [0.3, 0.4) is 0 Å². The van der Waals surface area contributed by atoms with Gasteiger partial charge >= 0.3 is 0 Å². The maximum atomic E-state index is 8.93. The SMILES string of the molecule is CC1(CC#N)CCC(Nc2ccc(C3=CCCC3)cc2)CC1. The molecule has 0 radical (unpaired) electrons. The molecular weight excluding hydrogens is 268 g/mol. The summed E-state index contributed by atoms with van der Waals surface area (Å²) in [5.41, 5.74) is 4.37. The van der Waals surface area contributed by atoms with Gasteiger partial charge in [0.25, 0.3) is 0 Å². The first kappa shape index (κ1) is 15.2. The number of anilines is 1. The van der Waals surface area contributed by atoms with Crippen molar-refractivity contribution in [1.29, 1.82) is 5.26 Å². The molecule has 0 atom stereocenters. The molecule has 2 aliphatic carbocycles. The number of hydrogen-bond donors (Lipinski definition) is 1. The van der Waals surface area contributed by atoms with Crippen LogP contribution in [0.15, 0.2) is 30.3 Å². The number of benzene rings is 1. The summed E-state index contributed by atoms with van der Waals surface area (Å²) in [6.07, 6.45) is 11.5. The van der Waals surface area contributed by atoms with E-state index in [1.54, 1.807) is 0 Å². The van der Waals surface area contributed by atoms with E-state index in [0.717, 1.165) is 12.8 Å². The second kappa shape index (κ2) is 6.57. The van der Waals surface area contributed by atoms with Gasteiger partial charge in [0.1, 0.15) is 0 Å². The molecule has 1 saturated carbocycles. The van der Waals surface area contributed by atoms with Crippen molar-refractivity contribution in [3.8, 4) is 6.07 Å². The Balaban J connectivity index is 1.55. The molecule has 116 valence electrons. The first-order valence-electron chi connectivity index (χ1n) is 8.61. The van der Waals surface area contributed by atoms with Gasteiger partial charge in [-0.05, 0) is 73.6 Å². The lowest BCUT2D eigenvalue weighted by Crippen LogP contribution is -2.31. The molecule has 2 nitrogen and oxygen atoms in total. The number of nitrogens with one attached hydrogen (secondary N) is 1. The molecule has 22 heavy (non-hydrogen) atoms. The molecule has 1 aromatic carbocycles. The number of hydrogen-bond acceptors (Lipinski definition) is 2. The predicted molar refractivity (Wildman–Crippen MR) is 92.5 cm³/mol. The van der Waals surface area contributed by atoms with Crippen molar-refractivity contribution >= 4 is 11.3 Å². The minimum absolute atomic E-state index is 0.242. The van der Waals surface area contributed by atoms with Crippen LogP contribution in [-0.2, 0) is 0 Å². The van der Waals surface area contributed by atoms with Gasteiger partial charge in [-0.25, -0.2) is 0 Å². The molecule has 0 amide bonds. The Labute approximate surface area is 134 Å². The number of nitriles is 1. The van der Waals surface area contributed by atoms with E-state index in [2.05, 4.69) is 48.7 Å². The zero-order chi connectivity index (χ0) is 15.4. The van der Waals surface area contributed by atoms with Crippen molar-refractivity contribution < 1.29 is 0 Å². The summed E-state index contributed by atoms with van der Waals surface area (Å²) < 4.78 is 0. The van der Waals surface area contributed by atoms with Crippen LogP contribution in [0.5, 0.6) is 0 Å². The van der Waals surface area contributed by atoms with Gasteiger partial charge in [0.05, 0.1) is 6.07 Å². The van der Waals surface area contributed by atoms with E-state index in [9.17, 15) is 0 Å². The summed E-state index contributed by atoms with van der Waals surface area (Å²) in [6.45, 7) is 2.26. The van der Waals surface area contributed by atoms with Gasteiger partial charge in [0.2, 0.25) is 0 Å². The van der Waals surface area contributed by atoms with Crippen LogP contribution < -0.4 is 5.32 Å². The summed E-state index contributed by atoms with van der Waals surface area (Å²) >= 11 is 0. The van der Waals surface area contributed by atoms with E-state index in [-0.39, 0.29) is 5.41 Å². The van der Waals surface area contributed by atoms with E-state index in [1.807, 2.05) is 0 Å². The average molecular weight is 294 g/mol. The van der Waals surface area contributed by atoms with Crippen LogP contribution in [-0.4, -0.2) is 6.04 Å². The van der Waals surface area contributed by atoms with Crippen molar-refractivity contribution in [2.45, 2.75) is 64.3 Å². The third-order valence-corrected chi connectivity index (χ3v) is 5.37. The van der Waals surface area contributed by atoms with Gasteiger partial charge < -0.3 is 5.32 Å². The summed E-state index contributed by atoms with van der Waals surface area (Å²) in [5, 5.41) is 12.6. The highest BCUT2D eigenvalue weighted by atomic mass is 14.9. The van der Waals surface area contributed by atoms with Crippen molar-refractivity contribution in [2.24, 2.45) is 5.41 Å². The Bertz CT molecular complexity index is 569. The first-order chi connectivity index (χ1) is 10.7. The fourth-order valence-electron chi connectivity index (χ4n) is 3.78. The molecule has 1 N–H and O–H groups in total. The van der Waals surface area contributed by atoms with Crippen LogP contribution in [0.25, 0.3) is 5.57 Å². The average Bonchev–Trinajstić information content (AvgIpc) is 3.05. The second-order valence-corrected chi connectivity index (χ2v) is 7.26. The highest BCUT2D eigenvalue weighted by Crippen LogP contribution is 2.39. The third-order valence-electron chi connectivity index (χ3n) is 5.37. The minimum atomic E-state index is 0.242. The van der Waals surface area contributed by atoms with E-state index in [0.29, 0.717) is 12.5 Å². The highest BCUT2D eigenvalue weighted by Gasteiger charge is 2.30. The summed E-state index contributed by atoms with van der Waals surface area (Å²) in [7, 11) is 0. The molecule has 0 spiro atoms. The largest absolute Gasteiger partial charge is 0.382 e. The van der Waals surface area contributed by atoms with Gasteiger partial charge in [-0.2, -0.15) is 5.26 Å². The third kappa shape index (κ3) is 3.53. The second-order valence-electron chi connectivity index (χ2n) is 7.26. The topological polar surface area (TPSA) is 35.8 Å². The molecule has 0 aromatic heterocycles. The minimum Gasteiger partial charge on any atom is -0.382 e. The summed E-state index contributed by atoms with van der Waals surface area (Å²) in [5.74, 6) is 0. The van der Waals surface area contributed by atoms with Crippen LogP contribution in [0.2, 0.25) is 0 Å². The molecule has 0 bridgehead atoms. The van der Waals surface area contributed by atoms with Crippen molar-refractivity contribution in [3.05, 3.63) is 35.9 Å². The smallest absolute Gasteiger partial charge is 0.0627 e. The maximum Gasteiger partial charge on any atom is 0.0627 e. The van der Waals surface area contributed by atoms with Crippen molar-refractivity contribution in [2.75, 3.05) is 5.32 Å². The van der Waals surface area contributed by atoms with Gasteiger partial charge in [-0.3, -0.25) is 0 Å². The molecule has 0 heterocycles. The Morgan fingerprint density at radius 1 is 1.23 bits per heavy atom. The van der Waals surface area contributed by atoms with Gasteiger partial charge in [-0.1, -0.05) is 25.1 Å². The normalized spacial score (nSPS) is 28.0. The summed E-state index contributed by atoms with van der Waals surface area (Å²) in [4.78, 5) is 0. The zero-order valence-corrected chi connectivity index (χ0v) is 13.6. The zero-order valence-electron chi connectivity index (χ0n) is 13.6. The quantitative estimate of drug-likeness (QED) is 0.792. The Morgan fingerprint density at radius 2 is 1.95 bits per heavy atom. The van der Waals surface area contributed by atoms with E-state index in [1.165, 1.54) is 48.9 Å². The number of rotatable bonds is 4. The van der Waals surface area contributed by atoms with E-state index < -0.39 is 0 Å². The molecule has 2 heteroatoms. The standard InChI is InChI=1S/C20H26N2/c1-20(14-15-21)12-10-19(11-13-20)22-18-8-6-17(7-9-18)16-4-2-3-5-16/h4,6-9,19,22H,2-3,5,10-14H2,1H3. The first-order valence-corrected chi connectivity index (χ1v) is 8.61. The Hall–Kier alpha value is -1.75. The highest BCUT2D eigenvalue weighted by molar-refractivity contribution is 5.68. The van der Waals surface area contributed by atoms with Gasteiger partial charge in [-0.15, -0.1) is 0 Å². The molecular formula is C20H26N2. The molecule has 0 unspecified atom stereocenters. The maximum absolute atomic E-state index is 8.93. The molecule has 1 aromatic rings. The summed E-state index contributed by atoms with van der Waals surface area (Å²) in [6, 6.07) is 11.9. The molecule has 3 rings (SSSR count). The molecule has 0 aliphatic heterocycles. The van der Waals surface area contributed by atoms with Crippen molar-refractivity contribution in [1.82, 2.24) is 0 Å². The van der Waals surface area contributed by atoms with Gasteiger partial charge in [0.15, 0.2) is 0 Å². The molecule has 2 aliphatic rings. The van der Waals surface area contributed by atoms with Crippen molar-refractivity contribution in [3.63, 3.8) is 0 Å². The fraction of sp³-hybridized carbons (Fsp3) is 0.550.